The fourth-order valence-corrected chi connectivity index (χ4v) is 3.94. The first-order valence-electron chi connectivity index (χ1n) is 9.89. The average molecular weight is 495 g/mol. The Bertz CT molecular complexity index is 1110. The van der Waals surface area contributed by atoms with Crippen LogP contribution in [0.3, 0.4) is 0 Å². The first kappa shape index (κ1) is 24.1. The number of aromatic amines is 1. The topological polar surface area (TPSA) is 75.3 Å². The molecule has 0 radical (unpaired) electrons. The Balaban J connectivity index is 2.03. The van der Waals surface area contributed by atoms with E-state index < -0.39 is 17.5 Å². The predicted octanol–water partition coefficient (Wildman–Crippen LogP) is 6.42. The van der Waals surface area contributed by atoms with Gasteiger partial charge < -0.3 is 4.74 Å². The van der Waals surface area contributed by atoms with Gasteiger partial charge in [0.15, 0.2) is 0 Å². The van der Waals surface area contributed by atoms with E-state index in [1.807, 2.05) is 26.8 Å². The zero-order chi connectivity index (χ0) is 23.5. The number of H-pyrrole nitrogens is 1. The molecule has 2 aromatic carbocycles. The Morgan fingerprint density at radius 3 is 2.38 bits per heavy atom. The van der Waals surface area contributed by atoms with Crippen LogP contribution in [0.5, 0.6) is 0 Å². The molecule has 0 fully saturated rings. The van der Waals surface area contributed by atoms with Crippen LogP contribution in [0.2, 0.25) is 15.1 Å². The Morgan fingerprint density at radius 1 is 1.09 bits per heavy atom. The summed E-state index contributed by atoms with van der Waals surface area (Å²) in [6.45, 7) is 5.20. The second-order valence-corrected chi connectivity index (χ2v) is 8.99. The Kier molecular flexibility index (Phi) is 7.49. The van der Waals surface area contributed by atoms with Gasteiger partial charge in [-0.1, -0.05) is 53.9 Å². The van der Waals surface area contributed by atoms with Gasteiger partial charge in [-0.15, -0.1) is 0 Å². The maximum absolute atomic E-state index is 13.6. The zero-order valence-corrected chi connectivity index (χ0v) is 20.1. The molecule has 1 aromatic heterocycles. The minimum atomic E-state index is -0.668. The molecule has 9 heteroatoms. The summed E-state index contributed by atoms with van der Waals surface area (Å²) in [5.41, 5.74) is 1.39. The number of halogens is 3. The van der Waals surface area contributed by atoms with E-state index in [4.69, 9.17) is 39.5 Å². The van der Waals surface area contributed by atoms with Gasteiger partial charge in [0.1, 0.15) is 12.1 Å². The summed E-state index contributed by atoms with van der Waals surface area (Å²) in [4.78, 5) is 27.6. The van der Waals surface area contributed by atoms with E-state index in [-0.39, 0.29) is 22.2 Å². The highest BCUT2D eigenvalue weighted by Gasteiger charge is 2.28. The molecular formula is C23H22Cl3N3O3. The van der Waals surface area contributed by atoms with Gasteiger partial charge in [-0.25, -0.2) is 0 Å². The van der Waals surface area contributed by atoms with Crippen LogP contribution < -0.4 is 4.90 Å². The van der Waals surface area contributed by atoms with Gasteiger partial charge in [0.2, 0.25) is 0 Å². The molecular weight excluding hydrogens is 473 g/mol. The van der Waals surface area contributed by atoms with E-state index in [0.717, 1.165) is 11.3 Å². The quantitative estimate of drug-likeness (QED) is 0.385. The van der Waals surface area contributed by atoms with E-state index in [0.29, 0.717) is 17.1 Å². The van der Waals surface area contributed by atoms with Gasteiger partial charge in [-0.3, -0.25) is 19.6 Å². The van der Waals surface area contributed by atoms with Crippen molar-refractivity contribution in [1.82, 2.24) is 10.2 Å². The van der Waals surface area contributed by atoms with E-state index in [2.05, 4.69) is 10.2 Å². The molecule has 0 aliphatic rings. The van der Waals surface area contributed by atoms with Gasteiger partial charge in [0, 0.05) is 22.5 Å². The first-order valence-corrected chi connectivity index (χ1v) is 11.0. The van der Waals surface area contributed by atoms with Crippen molar-refractivity contribution in [3.8, 4) is 11.3 Å². The highest BCUT2D eigenvalue weighted by molar-refractivity contribution is 6.42. The van der Waals surface area contributed by atoms with Gasteiger partial charge in [-0.05, 0) is 50.6 Å². The normalized spacial score (nSPS) is 11.3. The lowest BCUT2D eigenvalue weighted by Gasteiger charge is -2.27. The van der Waals surface area contributed by atoms with Crippen LogP contribution in [0, 0.1) is 0 Å². The minimum absolute atomic E-state index is 0.0484. The third-order valence-corrected chi connectivity index (χ3v) is 5.78. The van der Waals surface area contributed by atoms with Crippen molar-refractivity contribution in [3.05, 3.63) is 69.3 Å². The summed E-state index contributed by atoms with van der Waals surface area (Å²) in [7, 11) is 0. The minimum Gasteiger partial charge on any atom is -0.458 e. The Labute approximate surface area is 201 Å². The SMILES string of the molecule is CCC(C)(C)OC(=O)CN(C(=O)c1c(Cl)cc(Cl)cc1Cl)c1cccc(-c2ccn[nH]2)c1. The van der Waals surface area contributed by atoms with Gasteiger partial charge in [0.05, 0.1) is 21.3 Å². The fourth-order valence-electron chi connectivity index (χ4n) is 2.96. The maximum atomic E-state index is 13.6. The Hall–Kier alpha value is -2.54. The second-order valence-electron chi connectivity index (χ2n) is 7.74. The van der Waals surface area contributed by atoms with Crippen molar-refractivity contribution >= 4 is 52.4 Å². The average Bonchev–Trinajstić information content (AvgIpc) is 3.26. The van der Waals surface area contributed by atoms with E-state index in [9.17, 15) is 9.59 Å². The number of aromatic nitrogens is 2. The molecule has 0 bridgehead atoms. The number of benzene rings is 2. The monoisotopic (exact) mass is 493 g/mol. The number of carbonyl (C=O) groups excluding carboxylic acids is 2. The standard InChI is InChI=1S/C23H22Cl3N3O3/c1-4-23(2,3)32-20(30)13-29(22(31)21-17(25)11-15(24)12-18(21)26)16-7-5-6-14(10-16)19-8-9-27-28-19/h5-12H,4,13H2,1-3H3,(H,27,28). The first-order chi connectivity index (χ1) is 15.1. The molecule has 1 heterocycles. The molecule has 0 unspecified atom stereocenters. The van der Waals surface area contributed by atoms with Crippen LogP contribution >= 0.6 is 34.8 Å². The van der Waals surface area contributed by atoms with Crippen LogP contribution in [0.4, 0.5) is 5.69 Å². The summed E-state index contributed by atoms with van der Waals surface area (Å²) in [6.07, 6.45) is 2.25. The van der Waals surface area contributed by atoms with Crippen molar-refractivity contribution in [2.24, 2.45) is 0 Å². The molecule has 3 rings (SSSR count). The molecule has 6 nitrogen and oxygen atoms in total. The number of esters is 1. The molecule has 0 saturated carbocycles. The van der Waals surface area contributed by atoms with E-state index in [1.165, 1.54) is 17.0 Å². The number of amides is 1. The van der Waals surface area contributed by atoms with Crippen molar-refractivity contribution in [2.75, 3.05) is 11.4 Å². The number of nitrogens with one attached hydrogen (secondary N) is 1. The zero-order valence-electron chi connectivity index (χ0n) is 17.8. The van der Waals surface area contributed by atoms with Crippen LogP contribution in [0.1, 0.15) is 37.6 Å². The molecule has 32 heavy (non-hydrogen) atoms. The molecule has 0 saturated heterocycles. The number of nitrogens with zero attached hydrogens (tertiary/aromatic N) is 2. The molecule has 0 atom stereocenters. The summed E-state index contributed by atoms with van der Waals surface area (Å²) >= 11 is 18.6. The van der Waals surface area contributed by atoms with Crippen molar-refractivity contribution in [3.63, 3.8) is 0 Å². The number of hydrogen-bond acceptors (Lipinski definition) is 4. The second kappa shape index (κ2) is 9.94. The predicted molar refractivity (Wildman–Crippen MR) is 128 cm³/mol. The molecule has 3 aromatic rings. The van der Waals surface area contributed by atoms with Crippen LogP contribution in [0.25, 0.3) is 11.3 Å². The maximum Gasteiger partial charge on any atom is 0.326 e. The summed E-state index contributed by atoms with van der Waals surface area (Å²) in [5.74, 6) is -1.11. The van der Waals surface area contributed by atoms with Gasteiger partial charge in [-0.2, -0.15) is 5.10 Å². The molecule has 168 valence electrons. The van der Waals surface area contributed by atoms with Crippen LogP contribution in [0.15, 0.2) is 48.7 Å². The third kappa shape index (κ3) is 5.63. The summed E-state index contributed by atoms with van der Waals surface area (Å²) in [5, 5.41) is 7.32. The molecule has 0 aliphatic carbocycles. The van der Waals surface area contributed by atoms with Crippen molar-refractivity contribution in [2.45, 2.75) is 32.8 Å². The van der Waals surface area contributed by atoms with Crippen LogP contribution in [-0.4, -0.2) is 34.2 Å². The Morgan fingerprint density at radius 2 is 1.78 bits per heavy atom. The highest BCUT2D eigenvalue weighted by atomic mass is 35.5. The molecule has 1 N–H and O–H groups in total. The largest absolute Gasteiger partial charge is 0.458 e. The number of rotatable bonds is 7. The lowest BCUT2D eigenvalue weighted by Crippen LogP contribution is -2.39. The van der Waals surface area contributed by atoms with Gasteiger partial charge in [0.25, 0.3) is 5.91 Å². The number of hydrogen-bond donors (Lipinski definition) is 1. The molecule has 1 amide bonds. The van der Waals surface area contributed by atoms with E-state index in [1.54, 1.807) is 30.5 Å². The van der Waals surface area contributed by atoms with Crippen molar-refractivity contribution in [1.29, 1.82) is 0 Å². The number of anilines is 1. The summed E-state index contributed by atoms with van der Waals surface area (Å²) < 4.78 is 5.57. The number of carbonyl (C=O) groups is 2. The molecule has 0 spiro atoms. The smallest absolute Gasteiger partial charge is 0.326 e. The number of ether oxygens (including phenoxy) is 1. The summed E-state index contributed by atoms with van der Waals surface area (Å²) in [6, 6.07) is 11.8. The molecule has 0 aliphatic heterocycles. The van der Waals surface area contributed by atoms with Crippen molar-refractivity contribution < 1.29 is 14.3 Å². The highest BCUT2D eigenvalue weighted by Crippen LogP contribution is 2.32. The lowest BCUT2D eigenvalue weighted by molar-refractivity contribution is -0.154. The van der Waals surface area contributed by atoms with Gasteiger partial charge >= 0.3 is 5.97 Å². The third-order valence-electron chi connectivity index (χ3n) is 4.96. The van der Waals surface area contributed by atoms with E-state index >= 15 is 0 Å². The lowest BCUT2D eigenvalue weighted by atomic mass is 10.1. The fraction of sp³-hybridized carbons (Fsp3) is 0.261. The van der Waals surface area contributed by atoms with Crippen LogP contribution in [-0.2, 0) is 9.53 Å².